The molecule has 0 bridgehead atoms. The van der Waals surface area contributed by atoms with Gasteiger partial charge in [0.25, 0.3) is 5.91 Å². The van der Waals surface area contributed by atoms with Crippen molar-refractivity contribution in [2.75, 3.05) is 32.5 Å². The molecule has 5 rings (SSSR count). The maximum absolute atomic E-state index is 12.8. The van der Waals surface area contributed by atoms with Crippen LogP contribution in [-0.4, -0.2) is 54.8 Å². The molecule has 2 aliphatic rings. The van der Waals surface area contributed by atoms with Crippen molar-refractivity contribution in [3.8, 4) is 11.5 Å². The minimum absolute atomic E-state index is 0.195. The fourth-order valence-electron chi connectivity index (χ4n) is 4.44. The smallest absolute Gasteiger partial charge is 0.255 e. The number of aliphatic imine (C=N–C) groups is 1. The van der Waals surface area contributed by atoms with Gasteiger partial charge >= 0.3 is 0 Å². The lowest BCUT2D eigenvalue weighted by Gasteiger charge is -2.37. The summed E-state index contributed by atoms with van der Waals surface area (Å²) in [4.78, 5) is 22.5. The highest BCUT2D eigenvalue weighted by molar-refractivity contribution is 6.30. The average molecular weight is 475 g/mol. The molecule has 0 saturated carbocycles. The van der Waals surface area contributed by atoms with Gasteiger partial charge in [-0.2, -0.15) is 0 Å². The zero-order valence-corrected chi connectivity index (χ0v) is 20.0. The Labute approximate surface area is 204 Å². The van der Waals surface area contributed by atoms with Crippen LogP contribution < -0.4 is 10.1 Å². The maximum atomic E-state index is 12.8. The molecule has 174 valence electrons. The first-order chi connectivity index (χ1) is 16.5. The van der Waals surface area contributed by atoms with E-state index in [1.807, 2.05) is 42.5 Å². The van der Waals surface area contributed by atoms with Gasteiger partial charge in [0.1, 0.15) is 17.3 Å². The number of halogens is 1. The van der Waals surface area contributed by atoms with Crippen LogP contribution in [0.15, 0.2) is 71.7 Å². The van der Waals surface area contributed by atoms with Crippen molar-refractivity contribution in [2.24, 2.45) is 4.99 Å². The van der Waals surface area contributed by atoms with Crippen molar-refractivity contribution in [1.82, 2.24) is 9.80 Å². The Morgan fingerprint density at radius 3 is 2.50 bits per heavy atom. The van der Waals surface area contributed by atoms with Gasteiger partial charge in [-0.25, -0.2) is 4.99 Å². The molecule has 34 heavy (non-hydrogen) atoms. The van der Waals surface area contributed by atoms with Crippen LogP contribution in [0, 0.1) is 0 Å². The molecule has 7 heteroatoms. The molecule has 0 atom stereocenters. The van der Waals surface area contributed by atoms with Gasteiger partial charge in [-0.3, -0.25) is 4.79 Å². The van der Waals surface area contributed by atoms with Gasteiger partial charge < -0.3 is 19.9 Å². The SMILES string of the molecule is CN(C)C1CCN(C2=Nc3ccccc3Oc3ccc(NC(=O)c4ccc(Cl)cc4)cc32)CC1. The molecule has 6 nitrogen and oxygen atoms in total. The van der Waals surface area contributed by atoms with Gasteiger partial charge in [-0.15, -0.1) is 0 Å². The number of benzene rings is 3. The number of para-hydroxylation sites is 2. The maximum Gasteiger partial charge on any atom is 0.255 e. The van der Waals surface area contributed by atoms with Crippen LogP contribution in [0.25, 0.3) is 0 Å². The molecule has 0 aliphatic carbocycles. The lowest BCUT2D eigenvalue weighted by Crippen LogP contribution is -2.44. The first-order valence-corrected chi connectivity index (χ1v) is 11.8. The molecular formula is C27H27ClN4O2. The van der Waals surface area contributed by atoms with Crippen molar-refractivity contribution >= 4 is 34.7 Å². The molecule has 2 heterocycles. The molecule has 0 unspecified atom stereocenters. The highest BCUT2D eigenvalue weighted by Crippen LogP contribution is 2.39. The van der Waals surface area contributed by atoms with Crippen molar-refractivity contribution in [3.63, 3.8) is 0 Å². The number of carbonyl (C=O) groups excluding carboxylic acids is 1. The van der Waals surface area contributed by atoms with E-state index in [-0.39, 0.29) is 5.91 Å². The number of hydrogen-bond donors (Lipinski definition) is 1. The number of amides is 1. The van der Waals surface area contributed by atoms with Crippen molar-refractivity contribution in [3.05, 3.63) is 82.9 Å². The van der Waals surface area contributed by atoms with E-state index in [0.29, 0.717) is 22.3 Å². The molecule has 0 aromatic heterocycles. The van der Waals surface area contributed by atoms with E-state index >= 15 is 0 Å². The zero-order chi connectivity index (χ0) is 23.7. The van der Waals surface area contributed by atoms with Gasteiger partial charge in [-0.1, -0.05) is 23.7 Å². The number of hydrogen-bond acceptors (Lipinski definition) is 5. The second-order valence-corrected chi connectivity index (χ2v) is 9.30. The number of fused-ring (bicyclic) bond motifs is 2. The highest BCUT2D eigenvalue weighted by atomic mass is 35.5. The minimum atomic E-state index is -0.195. The number of anilines is 1. The molecule has 1 N–H and O–H groups in total. The molecule has 1 fully saturated rings. The second-order valence-electron chi connectivity index (χ2n) is 8.86. The van der Waals surface area contributed by atoms with Crippen LogP contribution in [0.5, 0.6) is 11.5 Å². The summed E-state index contributed by atoms with van der Waals surface area (Å²) < 4.78 is 6.26. The summed E-state index contributed by atoms with van der Waals surface area (Å²) in [5.74, 6) is 2.13. The molecule has 1 amide bonds. The van der Waals surface area contributed by atoms with E-state index in [1.165, 1.54) is 0 Å². The largest absolute Gasteiger partial charge is 0.454 e. The van der Waals surface area contributed by atoms with Gasteiger partial charge in [0, 0.05) is 35.4 Å². The molecule has 3 aromatic rings. The Kier molecular flexibility index (Phi) is 6.26. The number of amidine groups is 1. The Balaban J connectivity index is 1.48. The minimum Gasteiger partial charge on any atom is -0.454 e. The van der Waals surface area contributed by atoms with Crippen LogP contribution >= 0.6 is 11.6 Å². The van der Waals surface area contributed by atoms with Crippen molar-refractivity contribution < 1.29 is 9.53 Å². The second kappa shape index (κ2) is 9.49. The summed E-state index contributed by atoms with van der Waals surface area (Å²) in [5.41, 5.74) is 2.90. The molecule has 3 aromatic carbocycles. The molecule has 0 spiro atoms. The topological polar surface area (TPSA) is 57.2 Å². The van der Waals surface area contributed by atoms with E-state index in [0.717, 1.165) is 54.5 Å². The summed E-state index contributed by atoms with van der Waals surface area (Å²) in [7, 11) is 4.27. The predicted octanol–water partition coefficient (Wildman–Crippen LogP) is 5.80. The number of piperidine rings is 1. The first kappa shape index (κ1) is 22.4. The van der Waals surface area contributed by atoms with E-state index in [9.17, 15) is 4.79 Å². The van der Waals surface area contributed by atoms with Gasteiger partial charge in [0.05, 0.1) is 5.56 Å². The third kappa shape index (κ3) is 4.65. The van der Waals surface area contributed by atoms with E-state index in [2.05, 4.69) is 29.2 Å². The third-order valence-corrected chi connectivity index (χ3v) is 6.64. The number of rotatable bonds is 3. The van der Waals surface area contributed by atoms with Gasteiger partial charge in [0.15, 0.2) is 5.75 Å². The fourth-order valence-corrected chi connectivity index (χ4v) is 4.57. The van der Waals surface area contributed by atoms with Crippen LogP contribution in [0.4, 0.5) is 11.4 Å². The summed E-state index contributed by atoms with van der Waals surface area (Å²) in [6.45, 7) is 1.81. The number of nitrogens with one attached hydrogen (secondary N) is 1. The Morgan fingerprint density at radius 1 is 1.03 bits per heavy atom. The molecular weight excluding hydrogens is 448 g/mol. The number of nitrogens with zero attached hydrogens (tertiary/aromatic N) is 3. The summed E-state index contributed by atoms with van der Waals surface area (Å²) in [6.07, 6.45) is 2.13. The quantitative estimate of drug-likeness (QED) is 0.521. The summed E-state index contributed by atoms with van der Waals surface area (Å²) >= 11 is 5.96. The number of carbonyl (C=O) groups is 1. The van der Waals surface area contributed by atoms with Crippen LogP contribution in [-0.2, 0) is 0 Å². The van der Waals surface area contributed by atoms with Crippen LogP contribution in [0.3, 0.4) is 0 Å². The monoisotopic (exact) mass is 474 g/mol. The number of ether oxygens (including phenoxy) is 1. The van der Waals surface area contributed by atoms with Crippen molar-refractivity contribution in [2.45, 2.75) is 18.9 Å². The van der Waals surface area contributed by atoms with Gasteiger partial charge in [0.2, 0.25) is 0 Å². The Hall–Kier alpha value is -3.35. The number of likely N-dealkylation sites (tertiary alicyclic amines) is 1. The van der Waals surface area contributed by atoms with Crippen LogP contribution in [0.2, 0.25) is 5.02 Å². The lowest BCUT2D eigenvalue weighted by molar-refractivity contribution is 0.102. The predicted molar refractivity (Wildman–Crippen MR) is 137 cm³/mol. The normalized spacial score (nSPS) is 15.6. The first-order valence-electron chi connectivity index (χ1n) is 11.5. The molecule has 0 radical (unpaired) electrons. The standard InChI is InChI=1S/C27H27ClN4O2/c1-31(2)21-13-15-32(16-14-21)26-22-17-20(29-27(33)18-7-9-19(28)10-8-18)11-12-24(22)34-25-6-4-3-5-23(25)30-26/h3-12,17,21H,13-16H2,1-2H3,(H,29,33). The summed E-state index contributed by atoms with van der Waals surface area (Å²) in [5, 5.41) is 3.59. The molecule has 2 aliphatic heterocycles. The Bertz CT molecular complexity index is 1230. The third-order valence-electron chi connectivity index (χ3n) is 6.39. The average Bonchev–Trinajstić information content (AvgIpc) is 3.01. The molecule has 1 saturated heterocycles. The Morgan fingerprint density at radius 2 is 1.76 bits per heavy atom. The van der Waals surface area contributed by atoms with E-state index < -0.39 is 0 Å². The van der Waals surface area contributed by atoms with E-state index in [4.69, 9.17) is 21.3 Å². The lowest BCUT2D eigenvalue weighted by atomic mass is 10.0. The van der Waals surface area contributed by atoms with Crippen molar-refractivity contribution in [1.29, 1.82) is 0 Å². The summed E-state index contributed by atoms with van der Waals surface area (Å²) in [6, 6.07) is 20.9. The van der Waals surface area contributed by atoms with E-state index in [1.54, 1.807) is 24.3 Å². The fraction of sp³-hybridized carbons (Fsp3) is 0.259. The van der Waals surface area contributed by atoms with Gasteiger partial charge in [-0.05, 0) is 81.5 Å². The zero-order valence-electron chi connectivity index (χ0n) is 19.3. The highest BCUT2D eigenvalue weighted by Gasteiger charge is 2.27. The van der Waals surface area contributed by atoms with Crippen LogP contribution in [0.1, 0.15) is 28.8 Å².